The molecule has 0 aliphatic rings. The largest absolute Gasteiger partial charge is 0.490 e. The molecule has 0 saturated heterocycles. The molecule has 0 aliphatic heterocycles. The minimum absolute atomic E-state index is 0.0657. The van der Waals surface area contributed by atoms with Crippen LogP contribution in [0.25, 0.3) is 0 Å². The van der Waals surface area contributed by atoms with E-state index in [2.05, 4.69) is 4.72 Å². The van der Waals surface area contributed by atoms with Gasteiger partial charge in [-0.05, 0) is 31.3 Å². The van der Waals surface area contributed by atoms with Crippen LogP contribution in [0.4, 0.5) is 0 Å². The van der Waals surface area contributed by atoms with Gasteiger partial charge in [0.25, 0.3) is 15.9 Å². The molecule has 2 aromatic rings. The van der Waals surface area contributed by atoms with E-state index < -0.39 is 15.9 Å². The van der Waals surface area contributed by atoms with Crippen molar-refractivity contribution in [3.8, 4) is 5.75 Å². The van der Waals surface area contributed by atoms with E-state index in [4.69, 9.17) is 20.8 Å². The van der Waals surface area contributed by atoms with E-state index in [0.717, 1.165) is 0 Å². The smallest absolute Gasteiger partial charge is 0.289 e. The maximum absolute atomic E-state index is 12.2. The summed E-state index contributed by atoms with van der Waals surface area (Å²) < 4.78 is 35.9. The molecule has 9 heteroatoms. The first-order chi connectivity index (χ1) is 11.3. The lowest BCUT2D eigenvalue weighted by molar-refractivity contribution is 0.0736. The Morgan fingerprint density at radius 3 is 2.67 bits per heavy atom. The number of nitrogens with one attached hydrogen (secondary N) is 1. The van der Waals surface area contributed by atoms with Crippen LogP contribution in [-0.2, 0) is 10.0 Å². The summed E-state index contributed by atoms with van der Waals surface area (Å²) in [4.78, 5) is 13.6. The average molecular weight is 373 g/mol. The predicted molar refractivity (Wildman–Crippen MR) is 88.9 cm³/mol. The Morgan fingerprint density at radius 2 is 2.00 bits per heavy atom. The van der Waals surface area contributed by atoms with Crippen molar-refractivity contribution in [3.63, 3.8) is 0 Å². The number of ether oxygens (including phenoxy) is 1. The lowest BCUT2D eigenvalue weighted by Gasteiger charge is -2.16. The molecule has 1 heterocycles. The molecule has 0 unspecified atom stereocenters. The van der Waals surface area contributed by atoms with Crippen LogP contribution in [-0.4, -0.2) is 46.5 Å². The van der Waals surface area contributed by atoms with Gasteiger partial charge in [0.1, 0.15) is 12.4 Å². The summed E-state index contributed by atoms with van der Waals surface area (Å²) in [6.45, 7) is 0.507. The minimum atomic E-state index is -3.72. The van der Waals surface area contributed by atoms with Gasteiger partial charge in [-0.25, -0.2) is 13.1 Å². The Balaban J connectivity index is 1.94. The van der Waals surface area contributed by atoms with Gasteiger partial charge in [-0.1, -0.05) is 23.7 Å². The van der Waals surface area contributed by atoms with Crippen molar-refractivity contribution >= 4 is 27.5 Å². The second-order valence-corrected chi connectivity index (χ2v) is 7.06. The molecule has 1 aromatic carbocycles. The highest BCUT2D eigenvalue weighted by atomic mass is 35.5. The molecule has 1 amide bonds. The molecule has 0 bridgehead atoms. The number of carbonyl (C=O) groups excluding carboxylic acids is 1. The van der Waals surface area contributed by atoms with Crippen molar-refractivity contribution in [2.45, 2.75) is 5.09 Å². The van der Waals surface area contributed by atoms with Crippen molar-refractivity contribution < 1.29 is 22.4 Å². The SMILES string of the molecule is CNS(=O)(=O)c1ccc(C(=O)N(C)CCOc2ccccc2Cl)o1. The highest BCUT2D eigenvalue weighted by Gasteiger charge is 2.21. The van der Waals surface area contributed by atoms with E-state index in [9.17, 15) is 13.2 Å². The zero-order valence-corrected chi connectivity index (χ0v) is 14.7. The summed E-state index contributed by atoms with van der Waals surface area (Å²) in [6, 6.07) is 9.57. The molecule has 0 spiro atoms. The van der Waals surface area contributed by atoms with Crippen LogP contribution in [0.2, 0.25) is 5.02 Å². The number of halogens is 1. The maximum atomic E-state index is 12.2. The van der Waals surface area contributed by atoms with Gasteiger partial charge >= 0.3 is 0 Å². The standard InChI is InChI=1S/C15H17ClN2O5S/c1-17-24(20,21)14-8-7-13(23-14)15(19)18(2)9-10-22-12-6-4-3-5-11(12)16/h3-8,17H,9-10H2,1-2H3. The Morgan fingerprint density at radius 1 is 1.29 bits per heavy atom. The van der Waals surface area contributed by atoms with Crippen molar-refractivity contribution in [2.75, 3.05) is 27.2 Å². The third-order valence-corrected chi connectivity index (χ3v) is 4.79. The van der Waals surface area contributed by atoms with Gasteiger partial charge in [0.05, 0.1) is 11.6 Å². The molecule has 0 atom stereocenters. The second-order valence-electron chi connectivity index (χ2n) is 4.83. The molecule has 1 N–H and O–H groups in total. The lowest BCUT2D eigenvalue weighted by Crippen LogP contribution is -2.30. The normalized spacial score (nSPS) is 11.3. The van der Waals surface area contributed by atoms with Gasteiger partial charge in [0.2, 0.25) is 5.09 Å². The molecule has 130 valence electrons. The molecule has 24 heavy (non-hydrogen) atoms. The number of hydrogen-bond acceptors (Lipinski definition) is 5. The van der Waals surface area contributed by atoms with Crippen LogP contribution in [0.15, 0.2) is 45.9 Å². The highest BCUT2D eigenvalue weighted by Crippen LogP contribution is 2.23. The van der Waals surface area contributed by atoms with Crippen molar-refractivity contribution in [1.82, 2.24) is 9.62 Å². The number of para-hydroxylation sites is 1. The molecule has 0 fully saturated rings. The number of amides is 1. The number of benzene rings is 1. The predicted octanol–water partition coefficient (Wildman–Crippen LogP) is 1.99. The summed E-state index contributed by atoms with van der Waals surface area (Å²) in [5, 5.41) is 0.175. The first-order valence-electron chi connectivity index (χ1n) is 7.01. The van der Waals surface area contributed by atoms with Gasteiger partial charge < -0.3 is 14.1 Å². The number of likely N-dealkylation sites (N-methyl/N-ethyl adjacent to an activating group) is 1. The third-order valence-electron chi connectivity index (χ3n) is 3.19. The van der Waals surface area contributed by atoms with Gasteiger partial charge in [0, 0.05) is 7.05 Å². The first-order valence-corrected chi connectivity index (χ1v) is 8.87. The fourth-order valence-electron chi connectivity index (χ4n) is 1.82. The zero-order valence-electron chi connectivity index (χ0n) is 13.2. The quantitative estimate of drug-likeness (QED) is 0.802. The minimum Gasteiger partial charge on any atom is -0.490 e. The number of sulfonamides is 1. The van der Waals surface area contributed by atoms with E-state index >= 15 is 0 Å². The maximum Gasteiger partial charge on any atom is 0.289 e. The van der Waals surface area contributed by atoms with Gasteiger partial charge in [-0.3, -0.25) is 4.79 Å². The summed E-state index contributed by atoms with van der Waals surface area (Å²) >= 11 is 5.97. The van der Waals surface area contributed by atoms with Crippen LogP contribution in [0.1, 0.15) is 10.6 Å². The third kappa shape index (κ3) is 4.28. The average Bonchev–Trinajstić information content (AvgIpc) is 3.06. The van der Waals surface area contributed by atoms with Crippen molar-refractivity contribution in [1.29, 1.82) is 0 Å². The van der Waals surface area contributed by atoms with E-state index in [-0.39, 0.29) is 24.0 Å². The number of carbonyl (C=O) groups is 1. The fraction of sp³-hybridized carbons (Fsp3) is 0.267. The van der Waals surface area contributed by atoms with Gasteiger partial charge in [-0.15, -0.1) is 0 Å². The Labute approximate surface area is 145 Å². The van der Waals surface area contributed by atoms with Crippen LogP contribution < -0.4 is 9.46 Å². The number of nitrogens with zero attached hydrogens (tertiary/aromatic N) is 1. The molecule has 1 aromatic heterocycles. The second kappa shape index (κ2) is 7.69. The summed E-state index contributed by atoms with van der Waals surface area (Å²) in [5.74, 6) is 0.0137. The van der Waals surface area contributed by atoms with Crippen LogP contribution in [0.5, 0.6) is 5.75 Å². The zero-order chi connectivity index (χ0) is 17.7. The number of hydrogen-bond donors (Lipinski definition) is 1. The van der Waals surface area contributed by atoms with Crippen LogP contribution in [0, 0.1) is 0 Å². The van der Waals surface area contributed by atoms with Crippen molar-refractivity contribution in [2.24, 2.45) is 0 Å². The summed E-state index contributed by atoms with van der Waals surface area (Å²) in [5.41, 5.74) is 0. The highest BCUT2D eigenvalue weighted by molar-refractivity contribution is 7.89. The number of rotatable bonds is 7. The number of furan rings is 1. The Hall–Kier alpha value is -2.03. The van der Waals surface area contributed by atoms with E-state index in [0.29, 0.717) is 10.8 Å². The monoisotopic (exact) mass is 372 g/mol. The molecular weight excluding hydrogens is 356 g/mol. The van der Waals surface area contributed by atoms with Crippen LogP contribution in [0.3, 0.4) is 0 Å². The van der Waals surface area contributed by atoms with Gasteiger partial charge in [-0.2, -0.15) is 0 Å². The molecule has 0 radical (unpaired) electrons. The Bertz CT molecular complexity index is 819. The van der Waals surface area contributed by atoms with E-state index in [1.807, 2.05) is 0 Å². The lowest BCUT2D eigenvalue weighted by atomic mass is 10.3. The topological polar surface area (TPSA) is 88.9 Å². The summed E-state index contributed by atoms with van der Waals surface area (Å²) in [6.07, 6.45) is 0. The molecule has 2 rings (SSSR count). The van der Waals surface area contributed by atoms with Crippen LogP contribution >= 0.6 is 11.6 Å². The van der Waals surface area contributed by atoms with E-state index in [1.165, 1.54) is 24.1 Å². The van der Waals surface area contributed by atoms with Crippen molar-refractivity contribution in [3.05, 3.63) is 47.2 Å². The first kappa shape index (κ1) is 18.3. The van der Waals surface area contributed by atoms with E-state index in [1.54, 1.807) is 31.3 Å². The molecule has 0 aliphatic carbocycles. The Kier molecular flexibility index (Phi) is 5.87. The molecular formula is C15H17ClN2O5S. The molecule has 0 saturated carbocycles. The fourth-order valence-corrected chi connectivity index (χ4v) is 2.66. The summed E-state index contributed by atoms with van der Waals surface area (Å²) in [7, 11) is -0.897. The van der Waals surface area contributed by atoms with Gasteiger partial charge in [0.15, 0.2) is 5.76 Å². The molecule has 7 nitrogen and oxygen atoms in total.